The van der Waals surface area contributed by atoms with Gasteiger partial charge in [-0.15, -0.1) is 0 Å². The predicted molar refractivity (Wildman–Crippen MR) is 147 cm³/mol. The molecule has 1 amide bonds. The van der Waals surface area contributed by atoms with E-state index in [9.17, 15) is 19.9 Å². The van der Waals surface area contributed by atoms with E-state index in [1.54, 1.807) is 24.3 Å². The van der Waals surface area contributed by atoms with Crippen LogP contribution < -0.4 is 15.5 Å². The molecule has 2 atom stereocenters. The van der Waals surface area contributed by atoms with Crippen molar-refractivity contribution in [3.63, 3.8) is 0 Å². The van der Waals surface area contributed by atoms with Gasteiger partial charge in [-0.05, 0) is 44.2 Å². The summed E-state index contributed by atoms with van der Waals surface area (Å²) in [6.07, 6.45) is 0.646. The molecule has 0 bridgehead atoms. The van der Waals surface area contributed by atoms with Crippen LogP contribution in [0.15, 0.2) is 42.5 Å². The van der Waals surface area contributed by atoms with Crippen LogP contribution in [0.5, 0.6) is 5.75 Å². The molecule has 1 aliphatic heterocycles. The fraction of sp³-hybridized carbons (Fsp3) is 0.357. The zero-order valence-electron chi connectivity index (χ0n) is 22.6. The normalized spacial score (nSPS) is 15.0. The van der Waals surface area contributed by atoms with Crippen molar-refractivity contribution in [2.75, 3.05) is 19.7 Å². The van der Waals surface area contributed by atoms with Crippen LogP contribution >= 0.6 is 0 Å². The summed E-state index contributed by atoms with van der Waals surface area (Å²) in [5, 5.41) is 21.4. The Morgan fingerprint density at radius 2 is 1.98 bits per heavy atom. The number of carbonyl (C=O) groups excluding carboxylic acids is 1. The van der Waals surface area contributed by atoms with Gasteiger partial charge in [0.15, 0.2) is 0 Å². The largest absolute Gasteiger partial charge is 0.491 e. The first-order valence-corrected chi connectivity index (χ1v) is 13.2. The fourth-order valence-electron chi connectivity index (χ4n) is 5.01. The predicted octanol–water partition coefficient (Wildman–Crippen LogP) is 2.64. The lowest BCUT2D eigenvalue weighted by atomic mass is 10.1. The van der Waals surface area contributed by atoms with Gasteiger partial charge in [-0.25, -0.2) is 14.8 Å². The fourth-order valence-corrected chi connectivity index (χ4v) is 5.01. The highest BCUT2D eigenvalue weighted by Crippen LogP contribution is 2.28. The van der Waals surface area contributed by atoms with Gasteiger partial charge in [-0.1, -0.05) is 12.1 Å². The first kappa shape index (κ1) is 27.3. The molecule has 1 aliphatic rings. The van der Waals surface area contributed by atoms with E-state index in [2.05, 4.69) is 27.6 Å². The number of carboxylic acid groups (broad SMARTS) is 1. The number of H-pyrrole nitrogens is 1. The van der Waals surface area contributed by atoms with Crippen LogP contribution in [0.2, 0.25) is 0 Å². The van der Waals surface area contributed by atoms with Crippen LogP contribution in [0.1, 0.15) is 63.5 Å². The van der Waals surface area contributed by atoms with Crippen molar-refractivity contribution < 1.29 is 24.6 Å². The number of aryl methyl sites for hydroxylation is 1. The highest BCUT2D eigenvalue weighted by molar-refractivity contribution is 5.97. The van der Waals surface area contributed by atoms with Crippen LogP contribution in [0, 0.1) is 0 Å². The second-order valence-electron chi connectivity index (χ2n) is 9.93. The van der Waals surface area contributed by atoms with E-state index in [1.807, 2.05) is 30.7 Å². The molecule has 0 saturated carbocycles. The number of hydrogen-bond donors (Lipinski definition) is 5. The molecule has 12 heteroatoms. The van der Waals surface area contributed by atoms with Crippen LogP contribution in [-0.4, -0.2) is 72.5 Å². The van der Waals surface area contributed by atoms with Gasteiger partial charge in [0.05, 0.1) is 41.0 Å². The summed E-state index contributed by atoms with van der Waals surface area (Å²) in [6, 6.07) is 11.8. The van der Waals surface area contributed by atoms with E-state index in [-0.39, 0.29) is 42.5 Å². The average molecular weight is 548 g/mol. The summed E-state index contributed by atoms with van der Waals surface area (Å²) < 4.78 is 7.54. The lowest BCUT2D eigenvalue weighted by Gasteiger charge is -2.30. The highest BCUT2D eigenvalue weighted by atomic mass is 16.5. The summed E-state index contributed by atoms with van der Waals surface area (Å²) >= 11 is 0. The molecule has 40 heavy (non-hydrogen) atoms. The van der Waals surface area contributed by atoms with Gasteiger partial charge in [-0.3, -0.25) is 9.69 Å². The molecular weight excluding hydrogens is 514 g/mol. The van der Waals surface area contributed by atoms with Gasteiger partial charge in [0.1, 0.15) is 29.6 Å². The van der Waals surface area contributed by atoms with Crippen molar-refractivity contribution in [2.45, 2.75) is 38.9 Å². The second-order valence-corrected chi connectivity index (χ2v) is 9.93. The number of imidazole rings is 2. The van der Waals surface area contributed by atoms with E-state index in [1.165, 1.54) is 6.07 Å². The van der Waals surface area contributed by atoms with Crippen LogP contribution in [0.4, 0.5) is 0 Å². The van der Waals surface area contributed by atoms with Crippen LogP contribution in [0.3, 0.4) is 0 Å². The number of aromatic nitrogens is 4. The minimum Gasteiger partial charge on any atom is -0.491 e. The first-order valence-electron chi connectivity index (χ1n) is 13.2. The third-order valence-electron chi connectivity index (χ3n) is 7.35. The van der Waals surface area contributed by atoms with E-state index in [4.69, 9.17) is 14.7 Å². The molecule has 3 heterocycles. The Morgan fingerprint density at radius 1 is 1.18 bits per heavy atom. The number of carbonyl (C=O) groups is 2. The Hall–Kier alpha value is -4.26. The molecule has 0 fully saturated rings. The molecule has 0 spiro atoms. The maximum Gasteiger partial charge on any atom is 0.339 e. The Labute approximate surface area is 231 Å². The summed E-state index contributed by atoms with van der Waals surface area (Å²) in [5.41, 5.74) is 6.55. The van der Waals surface area contributed by atoms with Gasteiger partial charge in [-0.2, -0.15) is 5.48 Å². The smallest absolute Gasteiger partial charge is 0.339 e. The van der Waals surface area contributed by atoms with Gasteiger partial charge < -0.3 is 29.9 Å². The maximum absolute atomic E-state index is 12.8. The van der Waals surface area contributed by atoms with Crippen molar-refractivity contribution in [3.05, 3.63) is 76.6 Å². The summed E-state index contributed by atoms with van der Waals surface area (Å²) in [6.45, 7) is 5.78. The molecule has 12 nitrogen and oxygen atoms in total. The molecule has 5 N–H and O–H groups in total. The van der Waals surface area contributed by atoms with Crippen molar-refractivity contribution in [1.82, 2.24) is 35.2 Å². The number of para-hydroxylation sites is 1. The number of aromatic amines is 1. The molecule has 5 rings (SSSR count). The topological polar surface area (TPSA) is 158 Å². The summed E-state index contributed by atoms with van der Waals surface area (Å²) in [4.78, 5) is 39.4. The Bertz CT molecular complexity index is 1550. The molecule has 210 valence electrons. The standard InChI is InChI=1S/C28H33N7O5/c1-16(25-30-20-10-12-35(17(2)33-39)15-22(20)31-25)26-32-21-9-8-18(14-23(21)34(26)3)27(36)29-11-13-40-24-7-5-4-6-19(24)28(37)38/h4-9,14,16-17,33,39H,10-13,15H2,1-3H3,(H,29,36)(H,30,31)(H,37,38). The molecule has 0 saturated heterocycles. The van der Waals surface area contributed by atoms with E-state index in [0.29, 0.717) is 12.1 Å². The molecular formula is C28H33N7O5. The van der Waals surface area contributed by atoms with Crippen molar-refractivity contribution in [3.8, 4) is 5.75 Å². The number of hydroxylamine groups is 1. The third kappa shape index (κ3) is 5.41. The molecule has 0 aliphatic carbocycles. The number of nitrogens with one attached hydrogen (secondary N) is 3. The zero-order chi connectivity index (χ0) is 28.4. The lowest BCUT2D eigenvalue weighted by Crippen LogP contribution is -2.44. The Morgan fingerprint density at radius 3 is 2.75 bits per heavy atom. The molecule has 2 aromatic heterocycles. The number of benzene rings is 2. The first-order chi connectivity index (χ1) is 19.3. The highest BCUT2D eigenvalue weighted by Gasteiger charge is 2.26. The maximum atomic E-state index is 12.8. The quantitative estimate of drug-likeness (QED) is 0.149. The molecule has 2 aromatic carbocycles. The monoisotopic (exact) mass is 547 g/mol. The minimum atomic E-state index is -1.07. The van der Waals surface area contributed by atoms with Crippen molar-refractivity contribution >= 4 is 22.9 Å². The van der Waals surface area contributed by atoms with Crippen LogP contribution in [-0.2, 0) is 20.0 Å². The number of ether oxygens (including phenoxy) is 1. The van der Waals surface area contributed by atoms with Crippen molar-refractivity contribution in [2.24, 2.45) is 7.05 Å². The minimum absolute atomic E-state index is 0.0748. The summed E-state index contributed by atoms with van der Waals surface area (Å²) in [5.74, 6) is 0.481. The average Bonchev–Trinajstić information content (AvgIpc) is 3.54. The number of rotatable bonds is 10. The lowest BCUT2D eigenvalue weighted by molar-refractivity contribution is 0.0341. The van der Waals surface area contributed by atoms with Gasteiger partial charge in [0.25, 0.3) is 5.91 Å². The van der Waals surface area contributed by atoms with E-state index >= 15 is 0 Å². The molecule has 2 unspecified atom stereocenters. The number of fused-ring (bicyclic) bond motifs is 2. The van der Waals surface area contributed by atoms with Gasteiger partial charge in [0, 0.05) is 32.1 Å². The third-order valence-corrected chi connectivity index (χ3v) is 7.35. The van der Waals surface area contributed by atoms with Gasteiger partial charge in [0.2, 0.25) is 0 Å². The zero-order valence-corrected chi connectivity index (χ0v) is 22.6. The SMILES string of the molecule is CC(c1nc2c([nH]1)CN(C(C)NO)CC2)c1nc2ccc(C(=O)NCCOc3ccccc3C(=O)O)cc2n1C. The number of carboxylic acids is 1. The molecule has 4 aromatic rings. The van der Waals surface area contributed by atoms with Gasteiger partial charge >= 0.3 is 5.97 Å². The van der Waals surface area contributed by atoms with Crippen molar-refractivity contribution in [1.29, 1.82) is 0 Å². The number of nitrogens with zero attached hydrogens (tertiary/aromatic N) is 4. The summed E-state index contributed by atoms with van der Waals surface area (Å²) in [7, 11) is 1.93. The number of hydrogen-bond acceptors (Lipinski definition) is 8. The van der Waals surface area contributed by atoms with E-state index < -0.39 is 5.97 Å². The second kappa shape index (κ2) is 11.5. The number of aromatic carboxylic acids is 1. The van der Waals surface area contributed by atoms with E-state index in [0.717, 1.165) is 47.0 Å². The van der Waals surface area contributed by atoms with Crippen LogP contribution in [0.25, 0.3) is 11.0 Å². The Kier molecular flexibility index (Phi) is 7.83. The molecule has 0 radical (unpaired) electrons. The Balaban J connectivity index is 1.25. The number of amides is 1.